The summed E-state index contributed by atoms with van der Waals surface area (Å²) in [4.78, 5) is 29.7. The summed E-state index contributed by atoms with van der Waals surface area (Å²) in [5, 5.41) is 0. The number of H-pyrrole nitrogens is 1. The first-order valence-corrected chi connectivity index (χ1v) is 14.2. The van der Waals surface area contributed by atoms with E-state index in [2.05, 4.69) is 86.5 Å². The molecule has 5 aromatic rings. The molecule has 3 heterocycles. The first-order chi connectivity index (χ1) is 18.2. The lowest BCUT2D eigenvalue weighted by Crippen LogP contribution is -2.48. The van der Waals surface area contributed by atoms with Gasteiger partial charge in [0.2, 0.25) is 5.95 Å². The van der Waals surface area contributed by atoms with Crippen LogP contribution in [0, 0.1) is 0 Å². The van der Waals surface area contributed by atoms with Gasteiger partial charge in [-0.15, -0.1) is 11.3 Å². The van der Waals surface area contributed by atoms with Crippen molar-refractivity contribution >= 4 is 39.3 Å². The first-order valence-electron chi connectivity index (χ1n) is 12.4. The van der Waals surface area contributed by atoms with Crippen LogP contribution >= 0.6 is 23.1 Å². The van der Waals surface area contributed by atoms with E-state index in [1.807, 2.05) is 18.2 Å². The Bertz CT molecular complexity index is 1460. The van der Waals surface area contributed by atoms with Crippen molar-refractivity contribution < 1.29 is 0 Å². The quantitative estimate of drug-likeness (QED) is 0.280. The van der Waals surface area contributed by atoms with Crippen molar-refractivity contribution in [2.24, 2.45) is 0 Å². The second-order valence-corrected chi connectivity index (χ2v) is 11.3. The zero-order valence-corrected chi connectivity index (χ0v) is 21.9. The second-order valence-electron chi connectivity index (χ2n) is 9.04. The average Bonchev–Trinajstić information content (AvgIpc) is 3.37. The number of hydrogen-bond acceptors (Lipinski definition) is 7. The molecule has 0 spiro atoms. The average molecular weight is 526 g/mol. The molecule has 8 heteroatoms. The molecule has 0 saturated carbocycles. The molecular weight excluding hydrogens is 498 g/mol. The maximum Gasteiger partial charge on any atom is 0.252 e. The molecule has 6 rings (SSSR count). The molecule has 37 heavy (non-hydrogen) atoms. The maximum absolute atomic E-state index is 12.5. The van der Waals surface area contributed by atoms with E-state index in [0.717, 1.165) is 41.7 Å². The monoisotopic (exact) mass is 525 g/mol. The molecule has 1 aliphatic heterocycles. The molecule has 2 aromatic heterocycles. The van der Waals surface area contributed by atoms with Crippen molar-refractivity contribution in [1.29, 1.82) is 0 Å². The third kappa shape index (κ3) is 5.46. The van der Waals surface area contributed by atoms with Crippen LogP contribution < -0.4 is 10.5 Å². The van der Waals surface area contributed by atoms with Gasteiger partial charge in [0.05, 0.1) is 22.0 Å². The molecular formula is C29H27N5OS2. The van der Waals surface area contributed by atoms with Crippen LogP contribution in [-0.4, -0.2) is 46.0 Å². The lowest BCUT2D eigenvalue weighted by atomic mass is 9.96. The van der Waals surface area contributed by atoms with Gasteiger partial charge in [0.1, 0.15) is 0 Å². The van der Waals surface area contributed by atoms with Gasteiger partial charge in [0.15, 0.2) is 4.34 Å². The Morgan fingerprint density at radius 3 is 2.16 bits per heavy atom. The minimum Gasteiger partial charge on any atom is -0.340 e. The summed E-state index contributed by atoms with van der Waals surface area (Å²) < 4.78 is 2.16. The first kappa shape index (κ1) is 23.9. The molecule has 1 aliphatic rings. The molecule has 0 radical (unpaired) electrons. The zero-order valence-electron chi connectivity index (χ0n) is 20.3. The van der Waals surface area contributed by atoms with Gasteiger partial charge in [0, 0.05) is 38.0 Å². The number of aromatic amines is 1. The molecule has 6 nitrogen and oxygen atoms in total. The van der Waals surface area contributed by atoms with E-state index in [1.165, 1.54) is 15.8 Å². The van der Waals surface area contributed by atoms with E-state index in [9.17, 15) is 4.79 Å². The van der Waals surface area contributed by atoms with Crippen LogP contribution in [0.2, 0.25) is 0 Å². The highest BCUT2D eigenvalue weighted by molar-refractivity contribution is 8.00. The fourth-order valence-corrected chi connectivity index (χ4v) is 6.80. The number of hydrogen-bond donors (Lipinski definition) is 1. The van der Waals surface area contributed by atoms with Gasteiger partial charge < -0.3 is 4.90 Å². The molecule has 1 N–H and O–H groups in total. The number of piperazine rings is 1. The number of thioether (sulfide) groups is 1. The van der Waals surface area contributed by atoms with Crippen LogP contribution in [0.5, 0.6) is 0 Å². The molecule has 0 atom stereocenters. The predicted molar refractivity (Wildman–Crippen MR) is 153 cm³/mol. The highest BCUT2D eigenvalue weighted by Gasteiger charge is 2.27. The molecule has 0 amide bonds. The van der Waals surface area contributed by atoms with Crippen LogP contribution in [0.4, 0.5) is 5.95 Å². The van der Waals surface area contributed by atoms with Crippen LogP contribution in [0.25, 0.3) is 10.2 Å². The van der Waals surface area contributed by atoms with Gasteiger partial charge >= 0.3 is 0 Å². The van der Waals surface area contributed by atoms with Gasteiger partial charge in [-0.25, -0.2) is 9.97 Å². The SMILES string of the molecule is O=c1cc(CSc2nc3ccccc3s2)nc(N2CCN(C(c3ccccc3)c3ccccc3)CC2)[nH]1. The Morgan fingerprint density at radius 2 is 1.49 bits per heavy atom. The molecule has 0 bridgehead atoms. The summed E-state index contributed by atoms with van der Waals surface area (Å²) in [5.41, 5.74) is 4.26. The smallest absolute Gasteiger partial charge is 0.252 e. The summed E-state index contributed by atoms with van der Waals surface area (Å²) in [6.07, 6.45) is 0. The normalized spacial score (nSPS) is 14.5. The van der Waals surface area contributed by atoms with Crippen LogP contribution in [0.15, 0.2) is 100 Å². The largest absolute Gasteiger partial charge is 0.340 e. The van der Waals surface area contributed by atoms with Crippen molar-refractivity contribution in [2.75, 3.05) is 31.1 Å². The summed E-state index contributed by atoms with van der Waals surface area (Å²) in [6, 6.07) is 31.3. The lowest BCUT2D eigenvalue weighted by molar-refractivity contribution is 0.211. The van der Waals surface area contributed by atoms with E-state index in [1.54, 1.807) is 29.2 Å². The van der Waals surface area contributed by atoms with E-state index >= 15 is 0 Å². The van der Waals surface area contributed by atoms with Crippen molar-refractivity contribution in [2.45, 2.75) is 16.1 Å². The van der Waals surface area contributed by atoms with E-state index in [0.29, 0.717) is 11.7 Å². The maximum atomic E-state index is 12.5. The van der Waals surface area contributed by atoms with Crippen LogP contribution in [0.3, 0.4) is 0 Å². The van der Waals surface area contributed by atoms with E-state index in [-0.39, 0.29) is 11.6 Å². The number of anilines is 1. The van der Waals surface area contributed by atoms with Crippen molar-refractivity contribution in [3.63, 3.8) is 0 Å². The Labute approximate surface area is 224 Å². The number of aromatic nitrogens is 3. The predicted octanol–water partition coefficient (Wildman–Crippen LogP) is 5.58. The Balaban J connectivity index is 1.15. The Hall–Kier alpha value is -3.46. The minimum atomic E-state index is -0.112. The fourth-order valence-electron chi connectivity index (χ4n) is 4.84. The molecule has 0 aliphatic carbocycles. The number of nitrogens with one attached hydrogen (secondary N) is 1. The molecule has 186 valence electrons. The Kier molecular flexibility index (Phi) is 7.03. The number of nitrogens with zero attached hydrogens (tertiary/aromatic N) is 4. The molecule has 1 saturated heterocycles. The van der Waals surface area contributed by atoms with Gasteiger partial charge in [-0.05, 0) is 23.3 Å². The number of para-hydroxylation sites is 1. The molecule has 3 aromatic carbocycles. The summed E-state index contributed by atoms with van der Waals surface area (Å²) in [7, 11) is 0. The number of rotatable bonds is 7. The lowest BCUT2D eigenvalue weighted by Gasteiger charge is -2.40. The third-order valence-corrected chi connectivity index (χ3v) is 8.82. The summed E-state index contributed by atoms with van der Waals surface area (Å²) in [5.74, 6) is 1.27. The highest BCUT2D eigenvalue weighted by atomic mass is 32.2. The molecule has 0 unspecified atom stereocenters. The van der Waals surface area contributed by atoms with Crippen LogP contribution in [-0.2, 0) is 5.75 Å². The number of benzene rings is 3. The summed E-state index contributed by atoms with van der Waals surface area (Å²) in [6.45, 7) is 3.35. The topological polar surface area (TPSA) is 65.1 Å². The minimum absolute atomic E-state index is 0.112. The van der Waals surface area contributed by atoms with E-state index < -0.39 is 0 Å². The number of thiazole rings is 1. The standard InChI is InChI=1S/C29H27N5OS2/c35-26-19-23(20-36-29-31-24-13-7-8-14-25(24)37-29)30-28(32-26)34-17-15-33(16-18-34)27(21-9-3-1-4-10-21)22-11-5-2-6-12-22/h1-14,19,27H,15-18,20H2,(H,30,32,35). The van der Waals surface area contributed by atoms with Gasteiger partial charge in [-0.3, -0.25) is 14.7 Å². The van der Waals surface area contributed by atoms with E-state index in [4.69, 9.17) is 4.98 Å². The zero-order chi connectivity index (χ0) is 25.0. The summed E-state index contributed by atoms with van der Waals surface area (Å²) >= 11 is 3.30. The Morgan fingerprint density at radius 1 is 0.838 bits per heavy atom. The van der Waals surface area contributed by atoms with Gasteiger partial charge in [-0.1, -0.05) is 84.6 Å². The van der Waals surface area contributed by atoms with Crippen molar-refractivity contribution in [3.8, 4) is 0 Å². The van der Waals surface area contributed by atoms with Crippen molar-refractivity contribution in [1.82, 2.24) is 19.9 Å². The van der Waals surface area contributed by atoms with Crippen molar-refractivity contribution in [3.05, 3.63) is 118 Å². The number of fused-ring (bicyclic) bond motifs is 1. The van der Waals surface area contributed by atoms with Gasteiger partial charge in [-0.2, -0.15) is 0 Å². The van der Waals surface area contributed by atoms with Crippen LogP contribution in [0.1, 0.15) is 22.9 Å². The van der Waals surface area contributed by atoms with Gasteiger partial charge in [0.25, 0.3) is 5.56 Å². The fraction of sp³-hybridized carbons (Fsp3) is 0.207. The third-order valence-electron chi connectivity index (χ3n) is 6.61. The highest BCUT2D eigenvalue weighted by Crippen LogP contribution is 2.32. The second kappa shape index (κ2) is 10.9. The molecule has 1 fully saturated rings.